The second-order valence-corrected chi connectivity index (χ2v) is 6.98. The molecule has 0 atom stereocenters. The van der Waals surface area contributed by atoms with Crippen LogP contribution in [0, 0.1) is 0 Å². The molecule has 3 aromatic rings. The molecule has 0 aliphatic carbocycles. The number of aromatic nitrogens is 2. The summed E-state index contributed by atoms with van der Waals surface area (Å²) in [6.07, 6.45) is 3.43. The van der Waals surface area contributed by atoms with Crippen LogP contribution in [0.15, 0.2) is 67.0 Å². The van der Waals surface area contributed by atoms with Gasteiger partial charge in [-0.3, -0.25) is 24.4 Å². The lowest BCUT2D eigenvalue weighted by molar-refractivity contribution is -0.116. The number of rotatable bonds is 5. The third kappa shape index (κ3) is 11.9. The Morgan fingerprint density at radius 2 is 1.39 bits per heavy atom. The summed E-state index contributed by atoms with van der Waals surface area (Å²) in [5.74, 6) is 0.404. The van der Waals surface area contributed by atoms with E-state index in [1.165, 1.54) is 27.0 Å². The molecule has 0 unspecified atom stereocenters. The molecule has 33 heavy (non-hydrogen) atoms. The highest BCUT2D eigenvalue weighted by atomic mass is 35.5. The van der Waals surface area contributed by atoms with Gasteiger partial charge in [0.2, 0.25) is 0 Å². The molecule has 0 saturated carbocycles. The largest absolute Gasteiger partial charge is 0.415 e. The van der Waals surface area contributed by atoms with E-state index in [1.54, 1.807) is 54.7 Å². The molecule has 0 saturated heterocycles. The van der Waals surface area contributed by atoms with E-state index >= 15 is 0 Å². The van der Waals surface area contributed by atoms with Crippen LogP contribution < -0.4 is 10.5 Å². The molecule has 0 aliphatic heterocycles. The van der Waals surface area contributed by atoms with Gasteiger partial charge in [-0.25, -0.2) is 4.79 Å². The first kappa shape index (κ1) is 27.1. The van der Waals surface area contributed by atoms with Crippen LogP contribution >= 0.6 is 11.6 Å². The normalized spacial score (nSPS) is 9.33. The van der Waals surface area contributed by atoms with Gasteiger partial charge >= 0.3 is 5.43 Å². The van der Waals surface area contributed by atoms with Gasteiger partial charge < -0.3 is 10.5 Å². The number of carbonyl (C=O) groups excluding carboxylic acids is 4. The number of anilines is 1. The van der Waals surface area contributed by atoms with Gasteiger partial charge in [0.1, 0.15) is 22.9 Å². The van der Waals surface area contributed by atoms with Crippen molar-refractivity contribution in [3.8, 4) is 5.75 Å². The van der Waals surface area contributed by atoms with Gasteiger partial charge in [0, 0.05) is 50.0 Å². The highest BCUT2D eigenvalue weighted by molar-refractivity contribution is 6.61. The Morgan fingerprint density at radius 3 is 1.85 bits per heavy atom. The smallest absolute Gasteiger partial charge is 0.409 e. The van der Waals surface area contributed by atoms with Crippen LogP contribution in [0.25, 0.3) is 0 Å². The summed E-state index contributed by atoms with van der Waals surface area (Å²) in [7, 11) is 0. The third-order valence-electron chi connectivity index (χ3n) is 3.72. The first-order valence-corrected chi connectivity index (χ1v) is 10.1. The zero-order valence-electron chi connectivity index (χ0n) is 18.4. The maximum atomic E-state index is 10.9. The number of hydrogen-bond donors (Lipinski definition) is 1. The lowest BCUT2D eigenvalue weighted by Crippen LogP contribution is -2.01. The lowest BCUT2D eigenvalue weighted by Gasteiger charge is -1.98. The number of nitrogens with two attached hydrogens (primary N) is 1. The van der Waals surface area contributed by atoms with Crippen molar-refractivity contribution in [1.29, 1.82) is 0 Å². The van der Waals surface area contributed by atoms with Crippen molar-refractivity contribution in [2.45, 2.75) is 27.2 Å². The number of para-hydroxylation sites is 1. The van der Waals surface area contributed by atoms with Gasteiger partial charge in [0.25, 0.3) is 0 Å². The molecule has 8 nitrogen and oxygen atoms in total. The summed E-state index contributed by atoms with van der Waals surface area (Å²) in [4.78, 5) is 50.3. The van der Waals surface area contributed by atoms with Gasteiger partial charge in [0.15, 0.2) is 11.6 Å². The number of nitrogens with zero attached hydrogens (tertiary/aromatic N) is 2. The summed E-state index contributed by atoms with van der Waals surface area (Å²) in [6.45, 7) is 4.44. The predicted octanol–water partition coefficient (Wildman–Crippen LogP) is 4.71. The zero-order valence-corrected chi connectivity index (χ0v) is 19.2. The highest BCUT2D eigenvalue weighted by Crippen LogP contribution is 2.09. The van der Waals surface area contributed by atoms with E-state index in [9.17, 15) is 19.2 Å². The van der Waals surface area contributed by atoms with E-state index < -0.39 is 5.43 Å². The fraction of sp³-hybridized carbons (Fsp3) is 0.167. The summed E-state index contributed by atoms with van der Waals surface area (Å²) in [5, 5.41) is 0. The molecule has 0 amide bonds. The molecule has 0 spiro atoms. The number of Topliss-reactive ketones (excluding diaryl/α,β-unsaturated/α-hetero) is 3. The van der Waals surface area contributed by atoms with E-state index in [4.69, 9.17) is 17.3 Å². The molecule has 0 fully saturated rings. The zero-order chi connectivity index (χ0) is 24.8. The molecular weight excluding hydrogens is 446 g/mol. The van der Waals surface area contributed by atoms with Crippen LogP contribution in [-0.2, 0) is 11.2 Å². The molecule has 2 aromatic heterocycles. The minimum atomic E-state index is -0.814. The monoisotopic (exact) mass is 469 g/mol. The van der Waals surface area contributed by atoms with Crippen molar-refractivity contribution in [2.24, 2.45) is 0 Å². The Hall–Kier alpha value is -3.91. The molecular formula is C24H24ClN3O5. The number of hydrogen-bond acceptors (Lipinski definition) is 8. The fourth-order valence-corrected chi connectivity index (χ4v) is 2.37. The van der Waals surface area contributed by atoms with E-state index in [1.807, 2.05) is 6.07 Å². The molecule has 2 N–H and O–H groups in total. The topological polar surface area (TPSA) is 129 Å². The molecule has 3 rings (SSSR count). The van der Waals surface area contributed by atoms with Gasteiger partial charge in [-0.15, -0.1) is 0 Å². The second-order valence-electron chi connectivity index (χ2n) is 6.67. The summed E-state index contributed by atoms with van der Waals surface area (Å²) in [5.41, 5.74) is 6.83. The molecule has 2 heterocycles. The second kappa shape index (κ2) is 14.2. The fourth-order valence-electron chi connectivity index (χ4n) is 2.28. The van der Waals surface area contributed by atoms with Crippen molar-refractivity contribution in [3.05, 3.63) is 83.9 Å². The Balaban J connectivity index is 0.000000251. The molecule has 0 bridgehead atoms. The lowest BCUT2D eigenvalue weighted by atomic mass is 10.1. The minimum absolute atomic E-state index is 0.0627. The average molecular weight is 470 g/mol. The van der Waals surface area contributed by atoms with Crippen molar-refractivity contribution in [1.82, 2.24) is 9.97 Å². The van der Waals surface area contributed by atoms with Crippen LogP contribution in [-0.4, -0.2) is 32.7 Å². The Kier molecular flexibility index (Phi) is 11.7. The number of ether oxygens (including phenoxy) is 1. The SMILES string of the molecule is CC(=O)Cc1ccnc(C(C)=O)c1.CC(=O)c1cc(N)ccn1.O=C(Cl)Oc1ccccc1. The van der Waals surface area contributed by atoms with Crippen molar-refractivity contribution in [3.63, 3.8) is 0 Å². The number of benzene rings is 1. The molecule has 9 heteroatoms. The Bertz CT molecular complexity index is 1100. The number of pyridine rings is 2. The summed E-state index contributed by atoms with van der Waals surface area (Å²) in [6, 6.07) is 15.3. The molecule has 0 radical (unpaired) electrons. The maximum absolute atomic E-state index is 10.9. The quantitative estimate of drug-likeness (QED) is 0.420. The minimum Gasteiger partial charge on any atom is -0.415 e. The first-order chi connectivity index (χ1) is 15.6. The molecule has 172 valence electrons. The van der Waals surface area contributed by atoms with Gasteiger partial charge in [-0.05, 0) is 48.9 Å². The van der Waals surface area contributed by atoms with Gasteiger partial charge in [0.05, 0.1) is 0 Å². The van der Waals surface area contributed by atoms with Crippen LogP contribution in [0.3, 0.4) is 0 Å². The maximum Gasteiger partial charge on any atom is 0.409 e. The first-order valence-electron chi connectivity index (χ1n) is 9.68. The van der Waals surface area contributed by atoms with Crippen LogP contribution in [0.1, 0.15) is 47.3 Å². The Morgan fingerprint density at radius 1 is 0.848 bits per heavy atom. The van der Waals surface area contributed by atoms with E-state index in [2.05, 4.69) is 14.7 Å². The van der Waals surface area contributed by atoms with E-state index in [-0.39, 0.29) is 17.3 Å². The number of halogens is 1. The number of nitrogen functional groups attached to an aromatic ring is 1. The van der Waals surface area contributed by atoms with E-state index in [0.29, 0.717) is 29.2 Å². The van der Waals surface area contributed by atoms with Gasteiger partial charge in [-0.1, -0.05) is 18.2 Å². The van der Waals surface area contributed by atoms with Crippen LogP contribution in [0.4, 0.5) is 10.5 Å². The van der Waals surface area contributed by atoms with Crippen molar-refractivity contribution >= 4 is 40.1 Å². The number of carbonyl (C=O) groups is 4. The summed E-state index contributed by atoms with van der Waals surface area (Å²) >= 11 is 4.95. The van der Waals surface area contributed by atoms with Crippen molar-refractivity contribution < 1.29 is 23.9 Å². The van der Waals surface area contributed by atoms with Crippen molar-refractivity contribution in [2.75, 3.05) is 5.73 Å². The molecule has 1 aromatic carbocycles. The predicted molar refractivity (Wildman–Crippen MR) is 126 cm³/mol. The standard InChI is InChI=1S/C10H11NO2.C7H5ClO2.C7H8N2O/c1-7(12)5-9-3-4-11-10(6-9)8(2)13;8-7(9)10-6-4-2-1-3-5-6;1-5(10)7-4-6(8)2-3-9-7/h3-4,6H,5H2,1-2H3;1-5H;2-4H,1H3,(H2,8,9). The third-order valence-corrected chi connectivity index (χ3v) is 3.80. The highest BCUT2D eigenvalue weighted by Gasteiger charge is 2.03. The van der Waals surface area contributed by atoms with Crippen LogP contribution in [0.2, 0.25) is 0 Å². The van der Waals surface area contributed by atoms with E-state index in [0.717, 1.165) is 5.56 Å². The number of ketones is 3. The average Bonchev–Trinajstić information content (AvgIpc) is 2.74. The van der Waals surface area contributed by atoms with Gasteiger partial charge in [-0.2, -0.15) is 0 Å². The molecule has 0 aliphatic rings. The summed E-state index contributed by atoms with van der Waals surface area (Å²) < 4.78 is 4.54. The Labute approximate surface area is 196 Å². The van der Waals surface area contributed by atoms with Crippen LogP contribution in [0.5, 0.6) is 5.75 Å².